The van der Waals surface area contributed by atoms with Crippen LogP contribution in [0.4, 0.5) is 0 Å². The van der Waals surface area contributed by atoms with Gasteiger partial charge in [0.1, 0.15) is 0 Å². The average Bonchev–Trinajstić information content (AvgIpc) is 3.06. The Kier molecular flexibility index (Phi) is 4.42. The number of rotatable bonds is 2. The van der Waals surface area contributed by atoms with Crippen LogP contribution in [0.25, 0.3) is 12.2 Å². The molecule has 0 aliphatic heterocycles. The molecule has 2 atom stereocenters. The van der Waals surface area contributed by atoms with Gasteiger partial charge in [-0.2, -0.15) is 0 Å². The topological polar surface area (TPSA) is 0 Å². The second-order valence-corrected chi connectivity index (χ2v) is 10.3. The number of benzene rings is 2. The number of halogens is 2. The van der Waals surface area contributed by atoms with E-state index in [-0.39, 0.29) is 5.41 Å². The molecule has 0 saturated carbocycles. The molecule has 25 heavy (non-hydrogen) atoms. The van der Waals surface area contributed by atoms with E-state index in [0.717, 1.165) is 0 Å². The largest absolute Gasteiger partial charge is 0.0646 e. The molecule has 2 aliphatic carbocycles. The molecule has 0 heterocycles. The van der Waals surface area contributed by atoms with Crippen molar-refractivity contribution in [2.75, 3.05) is 0 Å². The molecule has 0 spiro atoms. The highest BCUT2D eigenvalue weighted by atomic mass is 127. The van der Waals surface area contributed by atoms with E-state index in [9.17, 15) is 0 Å². The smallest absolute Gasteiger partial charge is 0.0205 e. The zero-order chi connectivity index (χ0) is 17.9. The maximum absolute atomic E-state index is 2.47. The van der Waals surface area contributed by atoms with Crippen molar-refractivity contribution in [2.45, 2.75) is 39.5 Å². The average molecular weight is 552 g/mol. The quantitative estimate of drug-likeness (QED) is 0.337. The Morgan fingerprint density at radius 2 is 1.12 bits per heavy atom. The van der Waals surface area contributed by atoms with E-state index in [1.54, 1.807) is 0 Å². The Bertz CT molecular complexity index is 856. The van der Waals surface area contributed by atoms with Crippen LogP contribution in [0.2, 0.25) is 0 Å². The molecule has 0 N–H and O–H groups in total. The van der Waals surface area contributed by atoms with Gasteiger partial charge in [0, 0.05) is 19.0 Å². The first-order valence-electron chi connectivity index (χ1n) is 8.75. The summed E-state index contributed by atoms with van der Waals surface area (Å²) in [5, 5.41) is 0. The van der Waals surface area contributed by atoms with E-state index in [1.165, 1.54) is 40.5 Å². The number of hydrogen-bond donors (Lipinski definition) is 0. The fraction of sp³-hybridized carbons (Fsp3) is 0.304. The van der Waals surface area contributed by atoms with Crippen molar-refractivity contribution in [3.05, 3.63) is 76.9 Å². The fourth-order valence-corrected chi connectivity index (χ4v) is 6.52. The van der Waals surface area contributed by atoms with Gasteiger partial charge >= 0.3 is 0 Å². The standard InChI is InChI=1S/C23H22I2/c1-13-11-17-15(7-5-9-19(17)24)21(13)23(3,4)22-14(2)12-18-16(22)8-6-10-20(18)25/h5-12,21-22H,1-4H3. The Labute approximate surface area is 178 Å². The van der Waals surface area contributed by atoms with Crippen molar-refractivity contribution in [2.24, 2.45) is 5.41 Å². The summed E-state index contributed by atoms with van der Waals surface area (Å²) in [5.74, 6) is 0.934. The molecule has 0 saturated heterocycles. The highest BCUT2D eigenvalue weighted by Gasteiger charge is 2.45. The summed E-state index contributed by atoms with van der Waals surface area (Å²) in [6, 6.07) is 13.5. The van der Waals surface area contributed by atoms with E-state index in [2.05, 4.69) is 121 Å². The first-order chi connectivity index (χ1) is 11.8. The van der Waals surface area contributed by atoms with Gasteiger partial charge in [-0.05, 0) is 98.8 Å². The van der Waals surface area contributed by atoms with Gasteiger partial charge in [-0.25, -0.2) is 0 Å². The van der Waals surface area contributed by atoms with Crippen LogP contribution in [0, 0.1) is 12.6 Å². The Morgan fingerprint density at radius 3 is 1.52 bits per heavy atom. The zero-order valence-electron chi connectivity index (χ0n) is 15.0. The molecule has 2 heteroatoms. The third kappa shape index (κ3) is 2.66. The van der Waals surface area contributed by atoms with E-state index >= 15 is 0 Å². The minimum Gasteiger partial charge on any atom is -0.0646 e. The maximum Gasteiger partial charge on any atom is 0.0205 e. The summed E-state index contributed by atoms with van der Waals surface area (Å²) in [4.78, 5) is 0. The fourth-order valence-electron chi connectivity index (χ4n) is 5.17. The predicted octanol–water partition coefficient (Wildman–Crippen LogP) is 7.62. The third-order valence-corrected chi connectivity index (χ3v) is 7.82. The van der Waals surface area contributed by atoms with Gasteiger partial charge in [0.05, 0.1) is 0 Å². The number of fused-ring (bicyclic) bond motifs is 2. The summed E-state index contributed by atoms with van der Waals surface area (Å²) in [6.45, 7) is 9.54. The maximum atomic E-state index is 2.47. The molecular formula is C23H22I2. The normalized spacial score (nSPS) is 21.7. The van der Waals surface area contributed by atoms with Crippen LogP contribution in [-0.4, -0.2) is 0 Å². The summed E-state index contributed by atoms with van der Waals surface area (Å²) >= 11 is 4.95. The van der Waals surface area contributed by atoms with Gasteiger partial charge in [0.2, 0.25) is 0 Å². The first-order valence-corrected chi connectivity index (χ1v) is 10.9. The molecule has 128 valence electrons. The highest BCUT2D eigenvalue weighted by Crippen LogP contribution is 2.58. The second kappa shape index (κ2) is 6.22. The second-order valence-electron chi connectivity index (χ2n) is 7.95. The first kappa shape index (κ1) is 17.8. The molecule has 0 amide bonds. The van der Waals surface area contributed by atoms with Crippen molar-refractivity contribution >= 4 is 57.3 Å². The van der Waals surface area contributed by atoms with Gasteiger partial charge < -0.3 is 0 Å². The van der Waals surface area contributed by atoms with E-state index in [1.807, 2.05) is 0 Å². The monoisotopic (exact) mass is 552 g/mol. The Morgan fingerprint density at radius 1 is 0.720 bits per heavy atom. The molecule has 2 aromatic rings. The summed E-state index contributed by atoms with van der Waals surface area (Å²) in [7, 11) is 0. The van der Waals surface area contributed by atoms with Crippen molar-refractivity contribution < 1.29 is 0 Å². The van der Waals surface area contributed by atoms with E-state index in [0.29, 0.717) is 11.8 Å². The molecule has 0 radical (unpaired) electrons. The van der Waals surface area contributed by atoms with Crippen molar-refractivity contribution in [3.8, 4) is 0 Å². The lowest BCUT2D eigenvalue weighted by atomic mass is 9.63. The predicted molar refractivity (Wildman–Crippen MR) is 125 cm³/mol. The molecular weight excluding hydrogens is 530 g/mol. The summed E-state index contributed by atoms with van der Waals surface area (Å²) in [6.07, 6.45) is 4.82. The SMILES string of the molecule is CC1=Cc2c(I)cccc2C1C(C)(C)C1C(C)=Cc2c(I)cccc21. The van der Waals surface area contributed by atoms with Crippen LogP contribution in [0.3, 0.4) is 0 Å². The van der Waals surface area contributed by atoms with Gasteiger partial charge in [0.25, 0.3) is 0 Å². The van der Waals surface area contributed by atoms with Gasteiger partial charge in [0.15, 0.2) is 0 Å². The molecule has 0 aromatic heterocycles. The van der Waals surface area contributed by atoms with Crippen molar-refractivity contribution in [3.63, 3.8) is 0 Å². The lowest BCUT2D eigenvalue weighted by Crippen LogP contribution is -2.29. The molecule has 0 nitrogen and oxygen atoms in total. The molecule has 2 aliphatic rings. The van der Waals surface area contributed by atoms with Crippen LogP contribution < -0.4 is 0 Å². The number of allylic oxidation sites excluding steroid dienone is 2. The molecule has 2 unspecified atom stereocenters. The lowest BCUT2D eigenvalue weighted by molar-refractivity contribution is 0.275. The van der Waals surface area contributed by atoms with Crippen LogP contribution in [-0.2, 0) is 0 Å². The van der Waals surface area contributed by atoms with Crippen molar-refractivity contribution in [1.82, 2.24) is 0 Å². The summed E-state index contributed by atoms with van der Waals surface area (Å²) in [5.41, 5.74) is 8.99. The van der Waals surface area contributed by atoms with Crippen LogP contribution >= 0.6 is 45.2 Å². The van der Waals surface area contributed by atoms with Crippen LogP contribution in [0.1, 0.15) is 61.8 Å². The van der Waals surface area contributed by atoms with E-state index < -0.39 is 0 Å². The Hall–Kier alpha value is -0.620. The number of hydrogen-bond acceptors (Lipinski definition) is 0. The molecule has 2 aromatic carbocycles. The molecule has 0 bridgehead atoms. The van der Waals surface area contributed by atoms with Gasteiger partial charge in [-0.3, -0.25) is 0 Å². The highest BCUT2D eigenvalue weighted by molar-refractivity contribution is 14.1. The molecule has 4 rings (SSSR count). The van der Waals surface area contributed by atoms with Crippen LogP contribution in [0.5, 0.6) is 0 Å². The zero-order valence-corrected chi connectivity index (χ0v) is 19.3. The van der Waals surface area contributed by atoms with Gasteiger partial charge in [-0.15, -0.1) is 0 Å². The summed E-state index contributed by atoms with van der Waals surface area (Å²) < 4.78 is 2.72. The third-order valence-electron chi connectivity index (χ3n) is 5.94. The Balaban J connectivity index is 1.86. The van der Waals surface area contributed by atoms with Crippen molar-refractivity contribution in [1.29, 1.82) is 0 Å². The van der Waals surface area contributed by atoms with E-state index in [4.69, 9.17) is 0 Å². The molecule has 0 fully saturated rings. The minimum atomic E-state index is 0.131. The lowest BCUT2D eigenvalue weighted by Gasteiger charge is -2.41. The minimum absolute atomic E-state index is 0.131. The van der Waals surface area contributed by atoms with Crippen LogP contribution in [0.15, 0.2) is 47.5 Å². The van der Waals surface area contributed by atoms with Gasteiger partial charge in [-0.1, -0.05) is 61.4 Å².